The predicted molar refractivity (Wildman–Crippen MR) is 77.1 cm³/mol. The molecule has 0 spiro atoms. The lowest BCUT2D eigenvalue weighted by Crippen LogP contribution is -2.11. The van der Waals surface area contributed by atoms with Gasteiger partial charge in [-0.3, -0.25) is 0 Å². The number of allylic oxidation sites excluding steroid dienone is 1. The van der Waals surface area contributed by atoms with Crippen molar-refractivity contribution in [2.45, 2.75) is 6.32 Å². The second-order valence-electron chi connectivity index (χ2n) is 3.81. The summed E-state index contributed by atoms with van der Waals surface area (Å²) in [5.74, 6) is 0. The summed E-state index contributed by atoms with van der Waals surface area (Å²) in [4.78, 5) is 0. The Balaban J connectivity index is 1.86. The zero-order valence-electron chi connectivity index (χ0n) is 9.51. The second-order valence-corrected chi connectivity index (χ2v) is 4.24. The highest BCUT2D eigenvalue weighted by atomic mass is 35.5. The van der Waals surface area contributed by atoms with Gasteiger partial charge in [-0.25, -0.2) is 0 Å². The van der Waals surface area contributed by atoms with Crippen molar-refractivity contribution in [1.29, 1.82) is 0 Å². The third kappa shape index (κ3) is 4.12. The molecule has 0 aliphatic rings. The van der Waals surface area contributed by atoms with Gasteiger partial charge in [-0.05, 0) is 17.7 Å². The van der Waals surface area contributed by atoms with Gasteiger partial charge in [0.15, 0.2) is 7.28 Å². The van der Waals surface area contributed by atoms with Crippen LogP contribution in [0, 0.1) is 0 Å². The van der Waals surface area contributed by atoms with E-state index in [1.165, 1.54) is 5.56 Å². The highest BCUT2D eigenvalue weighted by molar-refractivity contribution is 6.54. The van der Waals surface area contributed by atoms with E-state index >= 15 is 0 Å². The summed E-state index contributed by atoms with van der Waals surface area (Å²) in [6, 6.07) is 18.2. The quantitative estimate of drug-likeness (QED) is 0.712. The van der Waals surface area contributed by atoms with Crippen LogP contribution in [0.5, 0.6) is 0 Å². The van der Waals surface area contributed by atoms with Gasteiger partial charge in [0.1, 0.15) is 0 Å². The molecule has 0 saturated heterocycles. The van der Waals surface area contributed by atoms with E-state index < -0.39 is 0 Å². The molecule has 0 amide bonds. The lowest BCUT2D eigenvalue weighted by Gasteiger charge is -1.97. The van der Waals surface area contributed by atoms with E-state index in [4.69, 9.17) is 11.6 Å². The monoisotopic (exact) mass is 239 g/mol. The van der Waals surface area contributed by atoms with Crippen molar-refractivity contribution >= 4 is 30.4 Å². The van der Waals surface area contributed by atoms with Crippen molar-refractivity contribution in [1.82, 2.24) is 0 Å². The number of rotatable bonds is 4. The second kappa shape index (κ2) is 6.31. The van der Waals surface area contributed by atoms with Crippen LogP contribution in [-0.4, -0.2) is 7.28 Å². The Kier molecular flexibility index (Phi) is 4.46. The molecule has 0 unspecified atom stereocenters. The molecule has 17 heavy (non-hydrogen) atoms. The SMILES string of the molecule is Clc1cccc([B]CC=Cc2ccccc2)c1. The minimum absolute atomic E-state index is 0.783. The van der Waals surface area contributed by atoms with Crippen LogP contribution in [0.4, 0.5) is 0 Å². The van der Waals surface area contributed by atoms with Crippen molar-refractivity contribution < 1.29 is 0 Å². The minimum Gasteiger partial charge on any atom is -0.0913 e. The Hall–Kier alpha value is -1.47. The van der Waals surface area contributed by atoms with Gasteiger partial charge in [0.05, 0.1) is 0 Å². The molecule has 0 aromatic heterocycles. The molecule has 2 aromatic carbocycles. The van der Waals surface area contributed by atoms with Crippen LogP contribution in [0.1, 0.15) is 5.56 Å². The van der Waals surface area contributed by atoms with Crippen molar-refractivity contribution in [3.05, 3.63) is 71.3 Å². The van der Waals surface area contributed by atoms with Gasteiger partial charge >= 0.3 is 0 Å². The zero-order chi connectivity index (χ0) is 11.9. The van der Waals surface area contributed by atoms with E-state index in [9.17, 15) is 0 Å². The molecule has 2 rings (SSSR count). The van der Waals surface area contributed by atoms with Crippen LogP contribution in [0.15, 0.2) is 60.7 Å². The fourth-order valence-electron chi connectivity index (χ4n) is 1.61. The average Bonchev–Trinajstić information content (AvgIpc) is 2.36. The van der Waals surface area contributed by atoms with Crippen LogP contribution in [-0.2, 0) is 0 Å². The summed E-state index contributed by atoms with van der Waals surface area (Å²) in [5.41, 5.74) is 2.39. The van der Waals surface area contributed by atoms with Crippen molar-refractivity contribution in [2.75, 3.05) is 0 Å². The molecule has 0 fully saturated rings. The zero-order valence-corrected chi connectivity index (χ0v) is 10.3. The molecule has 83 valence electrons. The lowest BCUT2D eigenvalue weighted by molar-refractivity contribution is 1.63. The normalized spacial score (nSPS) is 10.6. The van der Waals surface area contributed by atoms with Crippen molar-refractivity contribution in [2.24, 2.45) is 0 Å². The van der Waals surface area contributed by atoms with E-state index in [1.54, 1.807) is 0 Å². The number of hydrogen-bond donors (Lipinski definition) is 0. The van der Waals surface area contributed by atoms with Gasteiger partial charge in [-0.15, -0.1) is 0 Å². The van der Waals surface area contributed by atoms with E-state index in [-0.39, 0.29) is 0 Å². The third-order valence-corrected chi connectivity index (χ3v) is 2.68. The first-order valence-electron chi connectivity index (χ1n) is 5.65. The van der Waals surface area contributed by atoms with Gasteiger partial charge in [-0.2, -0.15) is 0 Å². The first kappa shape index (κ1) is 12.0. The summed E-state index contributed by atoms with van der Waals surface area (Å²) in [6.07, 6.45) is 5.19. The maximum Gasteiger partial charge on any atom is 0.155 e. The van der Waals surface area contributed by atoms with Gasteiger partial charge in [0.2, 0.25) is 0 Å². The van der Waals surface area contributed by atoms with E-state index in [0.717, 1.165) is 16.8 Å². The van der Waals surface area contributed by atoms with Gasteiger partial charge in [0.25, 0.3) is 0 Å². The molecular formula is C15H13BCl. The molecule has 2 heteroatoms. The smallest absolute Gasteiger partial charge is 0.0913 e. The van der Waals surface area contributed by atoms with Gasteiger partial charge in [0, 0.05) is 5.02 Å². The largest absolute Gasteiger partial charge is 0.155 e. The van der Waals surface area contributed by atoms with Crippen LogP contribution in [0.2, 0.25) is 11.3 Å². The third-order valence-electron chi connectivity index (χ3n) is 2.45. The minimum atomic E-state index is 0.783. The van der Waals surface area contributed by atoms with Crippen LogP contribution >= 0.6 is 11.6 Å². The van der Waals surface area contributed by atoms with Gasteiger partial charge < -0.3 is 0 Å². The summed E-state index contributed by atoms with van der Waals surface area (Å²) < 4.78 is 0. The maximum absolute atomic E-state index is 5.92. The Labute approximate surface area is 108 Å². The van der Waals surface area contributed by atoms with E-state index in [2.05, 4.69) is 37.6 Å². The predicted octanol–water partition coefficient (Wildman–Crippen LogP) is 3.80. The highest BCUT2D eigenvalue weighted by Crippen LogP contribution is 2.04. The number of halogens is 1. The molecule has 0 bridgehead atoms. The fourth-order valence-corrected chi connectivity index (χ4v) is 1.80. The fraction of sp³-hybridized carbons (Fsp3) is 0.0667. The maximum atomic E-state index is 5.92. The van der Waals surface area contributed by atoms with Gasteiger partial charge in [-0.1, -0.05) is 78.0 Å². The Morgan fingerprint density at radius 3 is 2.59 bits per heavy atom. The first-order valence-corrected chi connectivity index (χ1v) is 6.03. The highest BCUT2D eigenvalue weighted by Gasteiger charge is 1.94. The molecule has 0 saturated carbocycles. The molecule has 1 radical (unpaired) electrons. The van der Waals surface area contributed by atoms with Crippen molar-refractivity contribution in [3.63, 3.8) is 0 Å². The lowest BCUT2D eigenvalue weighted by atomic mass is 9.67. The molecule has 0 nitrogen and oxygen atoms in total. The van der Waals surface area contributed by atoms with E-state index in [0.29, 0.717) is 0 Å². The molecule has 2 aromatic rings. The first-order chi connectivity index (χ1) is 8.34. The number of benzene rings is 2. The molecular weight excluding hydrogens is 226 g/mol. The summed E-state index contributed by atoms with van der Waals surface area (Å²) in [6.45, 7) is 0. The number of hydrogen-bond acceptors (Lipinski definition) is 0. The molecule has 0 N–H and O–H groups in total. The van der Waals surface area contributed by atoms with Crippen LogP contribution in [0.25, 0.3) is 6.08 Å². The van der Waals surface area contributed by atoms with E-state index in [1.807, 2.05) is 36.4 Å². The van der Waals surface area contributed by atoms with Crippen LogP contribution < -0.4 is 5.46 Å². The molecule has 0 atom stereocenters. The average molecular weight is 240 g/mol. The Morgan fingerprint density at radius 1 is 1.00 bits per heavy atom. The Morgan fingerprint density at radius 2 is 1.82 bits per heavy atom. The summed E-state index contributed by atoms with van der Waals surface area (Å²) in [7, 11) is 2.16. The van der Waals surface area contributed by atoms with Crippen LogP contribution in [0.3, 0.4) is 0 Å². The molecule has 0 heterocycles. The molecule has 0 aliphatic heterocycles. The van der Waals surface area contributed by atoms with Crippen molar-refractivity contribution in [3.8, 4) is 0 Å². The molecule has 0 aliphatic carbocycles. The standard InChI is InChI=1S/C15H13BCl/c17-15-10-4-9-14(12-15)16-11-5-8-13-6-2-1-3-7-13/h1-10,12H,11H2. The summed E-state index contributed by atoms with van der Waals surface area (Å²) >= 11 is 5.92. The summed E-state index contributed by atoms with van der Waals surface area (Å²) in [5, 5.41) is 0.783. The topological polar surface area (TPSA) is 0 Å². The Bertz CT molecular complexity index is 491.